The predicted molar refractivity (Wildman–Crippen MR) is 67.6 cm³/mol. The number of benzene rings is 1. The molecule has 3 nitrogen and oxygen atoms in total. The van der Waals surface area contributed by atoms with E-state index in [4.69, 9.17) is 13.3 Å². The maximum absolute atomic E-state index is 5.47. The molecule has 0 spiro atoms. The van der Waals surface area contributed by atoms with Gasteiger partial charge in [-0.05, 0) is 12.5 Å². The smallest absolute Gasteiger partial charge is 0.373 e. The largest absolute Gasteiger partial charge is 0.537 e. The van der Waals surface area contributed by atoms with Crippen molar-refractivity contribution in [2.75, 3.05) is 21.3 Å². The van der Waals surface area contributed by atoms with Gasteiger partial charge in [-0.25, -0.2) is 0 Å². The van der Waals surface area contributed by atoms with Gasteiger partial charge in [-0.3, -0.25) is 0 Å². The highest BCUT2D eigenvalue weighted by atomic mass is 28.4. The minimum atomic E-state index is -2.76. The Balaban J connectivity index is 3.34. The first-order valence-corrected chi connectivity index (χ1v) is 6.74. The van der Waals surface area contributed by atoms with Gasteiger partial charge in [-0.15, -0.1) is 0 Å². The lowest BCUT2D eigenvalue weighted by Gasteiger charge is -2.26. The van der Waals surface area contributed by atoms with Crippen molar-refractivity contribution in [1.82, 2.24) is 0 Å². The fourth-order valence-electron chi connectivity index (χ4n) is 1.70. The summed E-state index contributed by atoms with van der Waals surface area (Å²) in [5, 5.41) is 0.954. The Morgan fingerprint density at radius 3 is 2.00 bits per heavy atom. The van der Waals surface area contributed by atoms with Crippen molar-refractivity contribution in [3.8, 4) is 0 Å². The van der Waals surface area contributed by atoms with Gasteiger partial charge in [0.2, 0.25) is 0 Å². The topological polar surface area (TPSA) is 27.7 Å². The molecule has 1 aromatic carbocycles. The Morgan fingerprint density at radius 2 is 1.56 bits per heavy atom. The van der Waals surface area contributed by atoms with Gasteiger partial charge in [-0.1, -0.05) is 36.4 Å². The lowest BCUT2D eigenvalue weighted by molar-refractivity contribution is 0.140. The molecule has 4 heteroatoms. The van der Waals surface area contributed by atoms with E-state index in [2.05, 4.69) is 6.58 Å². The van der Waals surface area contributed by atoms with Gasteiger partial charge in [0, 0.05) is 26.5 Å². The molecular formula is C12H18O3Si. The van der Waals surface area contributed by atoms with Crippen molar-refractivity contribution in [3.05, 3.63) is 36.4 Å². The number of hydrogen-bond donors (Lipinski definition) is 0. The second-order valence-corrected chi connectivity index (χ2v) is 6.37. The Hall–Kier alpha value is -0.943. The maximum Gasteiger partial charge on any atom is 0.537 e. The summed E-state index contributed by atoms with van der Waals surface area (Å²) in [6.45, 7) is 5.92. The zero-order valence-corrected chi connectivity index (χ0v) is 11.2. The highest BCUT2D eigenvalue weighted by Crippen LogP contribution is 2.15. The van der Waals surface area contributed by atoms with Crippen LogP contribution in [-0.2, 0) is 13.3 Å². The lowest BCUT2D eigenvalue weighted by Crippen LogP contribution is -2.55. The van der Waals surface area contributed by atoms with Crippen molar-refractivity contribution < 1.29 is 13.3 Å². The van der Waals surface area contributed by atoms with Gasteiger partial charge in [0.05, 0.1) is 0 Å². The fourth-order valence-corrected chi connectivity index (χ4v) is 3.79. The third-order valence-electron chi connectivity index (χ3n) is 2.52. The third kappa shape index (κ3) is 2.25. The van der Waals surface area contributed by atoms with Crippen LogP contribution in [0.3, 0.4) is 0 Å². The fraction of sp³-hybridized carbons (Fsp3) is 0.333. The van der Waals surface area contributed by atoms with Crippen molar-refractivity contribution in [3.63, 3.8) is 0 Å². The van der Waals surface area contributed by atoms with Crippen molar-refractivity contribution in [2.45, 2.75) is 6.92 Å². The van der Waals surface area contributed by atoms with E-state index in [0.29, 0.717) is 0 Å². The Kier molecular flexibility index (Phi) is 4.43. The van der Waals surface area contributed by atoms with Gasteiger partial charge in [0.1, 0.15) is 0 Å². The van der Waals surface area contributed by atoms with E-state index in [1.54, 1.807) is 21.3 Å². The van der Waals surface area contributed by atoms with E-state index in [-0.39, 0.29) is 0 Å². The van der Waals surface area contributed by atoms with Crippen LogP contribution in [0, 0.1) is 0 Å². The number of hydrogen-bond acceptors (Lipinski definition) is 3. The molecule has 0 unspecified atom stereocenters. The highest BCUT2D eigenvalue weighted by molar-refractivity contribution is 6.76. The van der Waals surface area contributed by atoms with Crippen LogP contribution in [0.5, 0.6) is 0 Å². The number of allylic oxidation sites excluding steroid dienone is 1. The number of rotatable bonds is 5. The lowest BCUT2D eigenvalue weighted by atomic mass is 10.1. The van der Waals surface area contributed by atoms with Gasteiger partial charge < -0.3 is 13.3 Å². The summed E-state index contributed by atoms with van der Waals surface area (Å²) >= 11 is 0. The summed E-state index contributed by atoms with van der Waals surface area (Å²) in [6, 6.07) is 7.87. The molecule has 1 rings (SSSR count). The molecule has 16 heavy (non-hydrogen) atoms. The average molecular weight is 238 g/mol. The molecule has 0 amide bonds. The molecular weight excluding hydrogens is 220 g/mol. The van der Waals surface area contributed by atoms with Crippen LogP contribution >= 0.6 is 0 Å². The van der Waals surface area contributed by atoms with Gasteiger partial charge in [-0.2, -0.15) is 0 Å². The maximum atomic E-state index is 5.47. The molecule has 0 aliphatic heterocycles. The minimum absolute atomic E-state index is 0.954. The van der Waals surface area contributed by atoms with Crippen LogP contribution in [0.15, 0.2) is 30.8 Å². The molecule has 0 fully saturated rings. The van der Waals surface area contributed by atoms with E-state index in [1.165, 1.54) is 0 Å². The van der Waals surface area contributed by atoms with E-state index in [0.717, 1.165) is 16.3 Å². The first-order chi connectivity index (χ1) is 7.61. The average Bonchev–Trinajstić information content (AvgIpc) is 2.32. The van der Waals surface area contributed by atoms with Crippen molar-refractivity contribution >= 4 is 19.6 Å². The van der Waals surface area contributed by atoms with Crippen LogP contribution in [0.25, 0.3) is 5.57 Å². The summed E-state index contributed by atoms with van der Waals surface area (Å²) in [4.78, 5) is 0. The summed E-state index contributed by atoms with van der Waals surface area (Å²) in [5.74, 6) is 0. The second-order valence-electron chi connectivity index (χ2n) is 3.49. The quantitative estimate of drug-likeness (QED) is 0.732. The first-order valence-electron chi connectivity index (χ1n) is 5.02. The third-order valence-corrected chi connectivity index (χ3v) is 5.23. The molecule has 1 aromatic rings. The van der Waals surface area contributed by atoms with Crippen LogP contribution in [0.4, 0.5) is 0 Å². The van der Waals surface area contributed by atoms with Gasteiger partial charge in [0.25, 0.3) is 0 Å². The molecule has 0 atom stereocenters. The Labute approximate surface area is 98.0 Å². The summed E-state index contributed by atoms with van der Waals surface area (Å²) in [7, 11) is 2.06. The predicted octanol–water partition coefficient (Wildman–Crippen LogP) is 1.80. The summed E-state index contributed by atoms with van der Waals surface area (Å²) in [5.41, 5.74) is 2.00. The second kappa shape index (κ2) is 5.40. The summed E-state index contributed by atoms with van der Waals surface area (Å²) < 4.78 is 16.4. The highest BCUT2D eigenvalue weighted by Gasteiger charge is 2.42. The van der Waals surface area contributed by atoms with Crippen LogP contribution < -0.4 is 5.19 Å². The Bertz CT molecular complexity index is 364. The molecule has 0 radical (unpaired) electrons. The van der Waals surface area contributed by atoms with Crippen molar-refractivity contribution in [1.29, 1.82) is 0 Å². The molecule has 0 saturated heterocycles. The van der Waals surface area contributed by atoms with Crippen molar-refractivity contribution in [2.24, 2.45) is 0 Å². The van der Waals surface area contributed by atoms with E-state index >= 15 is 0 Å². The van der Waals surface area contributed by atoms with Gasteiger partial charge >= 0.3 is 8.80 Å². The molecule has 0 aliphatic rings. The van der Waals surface area contributed by atoms with E-state index < -0.39 is 8.80 Å². The van der Waals surface area contributed by atoms with E-state index in [9.17, 15) is 0 Å². The molecule has 0 aromatic heterocycles. The standard InChI is InChI=1S/C12H18O3Si/c1-10(2)11-8-6-7-9-12(11)16(13-3,14-4)15-5/h6-9H,1H2,2-5H3. The molecule has 0 bridgehead atoms. The monoisotopic (exact) mass is 238 g/mol. The Morgan fingerprint density at radius 1 is 1.06 bits per heavy atom. The summed E-state index contributed by atoms with van der Waals surface area (Å²) in [6.07, 6.45) is 0. The zero-order chi connectivity index (χ0) is 12.2. The van der Waals surface area contributed by atoms with Crippen LogP contribution in [-0.4, -0.2) is 30.1 Å². The van der Waals surface area contributed by atoms with Crippen LogP contribution in [0.1, 0.15) is 12.5 Å². The molecule has 88 valence electrons. The SMILES string of the molecule is C=C(C)c1ccccc1[Si](OC)(OC)OC. The molecule has 0 heterocycles. The first kappa shape index (κ1) is 13.1. The molecule has 0 aliphatic carbocycles. The molecule has 0 saturated carbocycles. The van der Waals surface area contributed by atoms with E-state index in [1.807, 2.05) is 31.2 Å². The normalized spacial score (nSPS) is 11.5. The minimum Gasteiger partial charge on any atom is -0.373 e. The zero-order valence-electron chi connectivity index (χ0n) is 10.2. The van der Waals surface area contributed by atoms with Crippen LogP contribution in [0.2, 0.25) is 0 Å². The van der Waals surface area contributed by atoms with Gasteiger partial charge in [0.15, 0.2) is 0 Å². The molecule has 0 N–H and O–H groups in total.